The predicted molar refractivity (Wildman–Crippen MR) is 74.4 cm³/mol. The maximum atomic E-state index is 12.1. The lowest BCUT2D eigenvalue weighted by Gasteiger charge is -2.07. The van der Waals surface area contributed by atoms with E-state index in [0.717, 1.165) is 23.6 Å². The van der Waals surface area contributed by atoms with Gasteiger partial charge in [0, 0.05) is 18.4 Å². The standard InChI is InChI=1S/C13H17N5O/c1-4-14-10-5-6-15-11(7-10)13(19)16-12-8(2)17-18-9(12)3/h5-7H,4H2,1-3H3,(H,14,15)(H,16,19)(H,17,18). The molecule has 2 heterocycles. The molecule has 0 saturated heterocycles. The number of pyridine rings is 1. The molecule has 0 aliphatic carbocycles. The van der Waals surface area contributed by atoms with Crippen molar-refractivity contribution in [2.75, 3.05) is 17.2 Å². The number of hydrogen-bond donors (Lipinski definition) is 3. The number of aromatic amines is 1. The molecule has 19 heavy (non-hydrogen) atoms. The SMILES string of the molecule is CCNc1ccnc(C(=O)Nc2c(C)n[nH]c2C)c1. The zero-order valence-electron chi connectivity index (χ0n) is 11.2. The first kappa shape index (κ1) is 13.1. The van der Waals surface area contributed by atoms with E-state index in [9.17, 15) is 4.79 Å². The first-order chi connectivity index (χ1) is 9.11. The fourth-order valence-electron chi connectivity index (χ4n) is 1.78. The van der Waals surface area contributed by atoms with E-state index in [1.807, 2.05) is 26.8 Å². The first-order valence-electron chi connectivity index (χ1n) is 6.14. The summed E-state index contributed by atoms with van der Waals surface area (Å²) in [7, 11) is 0. The Kier molecular flexibility index (Phi) is 3.79. The Morgan fingerprint density at radius 3 is 2.84 bits per heavy atom. The Morgan fingerprint density at radius 1 is 1.42 bits per heavy atom. The fraction of sp³-hybridized carbons (Fsp3) is 0.308. The monoisotopic (exact) mass is 259 g/mol. The minimum atomic E-state index is -0.243. The molecule has 0 radical (unpaired) electrons. The molecule has 0 aromatic carbocycles. The lowest BCUT2D eigenvalue weighted by atomic mass is 10.2. The van der Waals surface area contributed by atoms with E-state index in [1.54, 1.807) is 12.3 Å². The van der Waals surface area contributed by atoms with Crippen molar-refractivity contribution in [2.24, 2.45) is 0 Å². The second kappa shape index (κ2) is 5.51. The van der Waals surface area contributed by atoms with E-state index in [1.165, 1.54) is 0 Å². The summed E-state index contributed by atoms with van der Waals surface area (Å²) in [5.41, 5.74) is 3.55. The van der Waals surface area contributed by atoms with Crippen molar-refractivity contribution < 1.29 is 4.79 Å². The molecular weight excluding hydrogens is 242 g/mol. The summed E-state index contributed by atoms with van der Waals surface area (Å²) in [6.07, 6.45) is 1.61. The van der Waals surface area contributed by atoms with E-state index in [0.29, 0.717) is 11.4 Å². The van der Waals surface area contributed by atoms with Crippen molar-refractivity contribution in [3.63, 3.8) is 0 Å². The van der Waals surface area contributed by atoms with E-state index >= 15 is 0 Å². The molecule has 0 unspecified atom stereocenters. The topological polar surface area (TPSA) is 82.7 Å². The van der Waals surface area contributed by atoms with Gasteiger partial charge in [-0.3, -0.25) is 14.9 Å². The number of nitrogens with zero attached hydrogens (tertiary/aromatic N) is 2. The van der Waals surface area contributed by atoms with Crippen LogP contribution >= 0.6 is 0 Å². The third-order valence-electron chi connectivity index (χ3n) is 2.74. The second-order valence-electron chi connectivity index (χ2n) is 4.22. The molecule has 2 rings (SSSR count). The Balaban J connectivity index is 2.18. The van der Waals surface area contributed by atoms with Gasteiger partial charge in [-0.1, -0.05) is 0 Å². The molecule has 0 atom stereocenters. The molecule has 0 bridgehead atoms. The average Bonchev–Trinajstić information content (AvgIpc) is 2.71. The van der Waals surface area contributed by atoms with Crippen molar-refractivity contribution in [2.45, 2.75) is 20.8 Å². The van der Waals surface area contributed by atoms with Crippen LogP contribution in [0.25, 0.3) is 0 Å². The lowest BCUT2D eigenvalue weighted by Crippen LogP contribution is -2.15. The van der Waals surface area contributed by atoms with Gasteiger partial charge in [0.1, 0.15) is 5.69 Å². The highest BCUT2D eigenvalue weighted by atomic mass is 16.1. The number of carbonyl (C=O) groups is 1. The number of nitrogens with one attached hydrogen (secondary N) is 3. The number of carbonyl (C=O) groups excluding carboxylic acids is 1. The van der Waals surface area contributed by atoms with Crippen LogP contribution in [0.2, 0.25) is 0 Å². The number of amides is 1. The van der Waals surface area contributed by atoms with Crippen molar-refractivity contribution in [3.8, 4) is 0 Å². The molecule has 100 valence electrons. The second-order valence-corrected chi connectivity index (χ2v) is 4.22. The van der Waals surface area contributed by atoms with E-state index in [2.05, 4.69) is 25.8 Å². The summed E-state index contributed by atoms with van der Waals surface area (Å²) in [6.45, 7) is 6.49. The van der Waals surface area contributed by atoms with Crippen LogP contribution in [0.3, 0.4) is 0 Å². The smallest absolute Gasteiger partial charge is 0.274 e. The largest absolute Gasteiger partial charge is 0.385 e. The van der Waals surface area contributed by atoms with Crippen LogP contribution in [0.4, 0.5) is 11.4 Å². The molecular formula is C13H17N5O. The minimum Gasteiger partial charge on any atom is -0.385 e. The molecule has 1 amide bonds. The summed E-state index contributed by atoms with van der Waals surface area (Å²) in [4.78, 5) is 16.2. The number of rotatable bonds is 4. The molecule has 2 aromatic heterocycles. The Hall–Kier alpha value is -2.37. The number of aryl methyl sites for hydroxylation is 2. The van der Waals surface area contributed by atoms with Crippen LogP contribution in [0, 0.1) is 13.8 Å². The average molecular weight is 259 g/mol. The van der Waals surface area contributed by atoms with Gasteiger partial charge in [-0.2, -0.15) is 5.10 Å². The van der Waals surface area contributed by atoms with Crippen molar-refractivity contribution in [1.29, 1.82) is 0 Å². The van der Waals surface area contributed by atoms with Crippen LogP contribution < -0.4 is 10.6 Å². The van der Waals surface area contributed by atoms with Crippen LogP contribution in [0.15, 0.2) is 18.3 Å². The normalized spacial score (nSPS) is 10.3. The van der Waals surface area contributed by atoms with Gasteiger partial charge in [0.15, 0.2) is 0 Å². The summed E-state index contributed by atoms with van der Waals surface area (Å²) in [6, 6.07) is 3.55. The Morgan fingerprint density at radius 2 is 2.21 bits per heavy atom. The summed E-state index contributed by atoms with van der Waals surface area (Å²) in [5.74, 6) is -0.243. The molecule has 0 aliphatic heterocycles. The predicted octanol–water partition coefficient (Wildman–Crippen LogP) is 2.11. The van der Waals surface area contributed by atoms with E-state index in [4.69, 9.17) is 0 Å². The molecule has 6 nitrogen and oxygen atoms in total. The third-order valence-corrected chi connectivity index (χ3v) is 2.74. The van der Waals surface area contributed by atoms with Crippen LogP contribution in [-0.4, -0.2) is 27.6 Å². The minimum absolute atomic E-state index is 0.243. The molecule has 6 heteroatoms. The van der Waals surface area contributed by atoms with E-state index < -0.39 is 0 Å². The van der Waals surface area contributed by atoms with Crippen LogP contribution in [-0.2, 0) is 0 Å². The molecule has 0 aliphatic rings. The summed E-state index contributed by atoms with van der Waals surface area (Å²) in [5, 5.41) is 12.8. The van der Waals surface area contributed by atoms with Crippen LogP contribution in [0.5, 0.6) is 0 Å². The molecule has 2 aromatic rings. The van der Waals surface area contributed by atoms with Gasteiger partial charge >= 0.3 is 0 Å². The highest BCUT2D eigenvalue weighted by molar-refractivity contribution is 6.03. The first-order valence-corrected chi connectivity index (χ1v) is 6.14. The van der Waals surface area contributed by atoms with Gasteiger partial charge in [0.25, 0.3) is 5.91 Å². The number of anilines is 2. The zero-order valence-corrected chi connectivity index (χ0v) is 11.2. The number of aromatic nitrogens is 3. The van der Waals surface area contributed by atoms with Gasteiger partial charge in [-0.05, 0) is 32.9 Å². The van der Waals surface area contributed by atoms with Crippen molar-refractivity contribution >= 4 is 17.3 Å². The fourth-order valence-corrected chi connectivity index (χ4v) is 1.78. The molecule has 0 saturated carbocycles. The maximum absolute atomic E-state index is 12.1. The highest BCUT2D eigenvalue weighted by Gasteiger charge is 2.13. The van der Waals surface area contributed by atoms with Crippen molar-refractivity contribution in [1.82, 2.24) is 15.2 Å². The lowest BCUT2D eigenvalue weighted by molar-refractivity contribution is 0.102. The summed E-state index contributed by atoms with van der Waals surface area (Å²) < 4.78 is 0. The van der Waals surface area contributed by atoms with Gasteiger partial charge < -0.3 is 10.6 Å². The molecule has 0 spiro atoms. The summed E-state index contributed by atoms with van der Waals surface area (Å²) >= 11 is 0. The van der Waals surface area contributed by atoms with E-state index in [-0.39, 0.29) is 5.91 Å². The quantitative estimate of drug-likeness (QED) is 0.785. The van der Waals surface area contributed by atoms with Gasteiger partial charge in [-0.15, -0.1) is 0 Å². The molecule has 3 N–H and O–H groups in total. The van der Waals surface area contributed by atoms with Gasteiger partial charge in [0.2, 0.25) is 0 Å². The zero-order chi connectivity index (χ0) is 13.8. The van der Waals surface area contributed by atoms with Gasteiger partial charge in [-0.25, -0.2) is 0 Å². The van der Waals surface area contributed by atoms with Crippen molar-refractivity contribution in [3.05, 3.63) is 35.4 Å². The maximum Gasteiger partial charge on any atom is 0.274 e. The van der Waals surface area contributed by atoms with Gasteiger partial charge in [0.05, 0.1) is 17.1 Å². The number of H-pyrrole nitrogens is 1. The van der Waals surface area contributed by atoms with Crippen LogP contribution in [0.1, 0.15) is 28.8 Å². The number of hydrogen-bond acceptors (Lipinski definition) is 4. The third kappa shape index (κ3) is 2.90. The Bertz CT molecular complexity index is 571. The Labute approximate surface area is 111 Å². The molecule has 0 fully saturated rings. The highest BCUT2D eigenvalue weighted by Crippen LogP contribution is 2.17.